The molecule has 0 saturated carbocycles. The predicted octanol–water partition coefficient (Wildman–Crippen LogP) is 2.34. The van der Waals surface area contributed by atoms with Crippen LogP contribution in [0.4, 0.5) is 18.9 Å². The first kappa shape index (κ1) is 14.1. The maximum absolute atomic E-state index is 12.0. The number of hydrogen-bond acceptors (Lipinski definition) is 2. The number of benzene rings is 1. The van der Waals surface area contributed by atoms with E-state index < -0.39 is 12.1 Å². The molecule has 0 spiro atoms. The van der Waals surface area contributed by atoms with Crippen molar-refractivity contribution in [2.24, 2.45) is 0 Å². The second-order valence-corrected chi connectivity index (χ2v) is 3.35. The number of ether oxygens (including phenoxy) is 1. The van der Waals surface area contributed by atoms with Gasteiger partial charge in [-0.3, -0.25) is 4.79 Å². The summed E-state index contributed by atoms with van der Waals surface area (Å²) in [5.41, 5.74) is 0.813. The van der Waals surface area contributed by atoms with Crippen molar-refractivity contribution in [1.29, 1.82) is 0 Å². The Morgan fingerprint density at radius 2 is 1.94 bits per heavy atom. The van der Waals surface area contributed by atoms with Gasteiger partial charge in [-0.15, -0.1) is 6.42 Å². The maximum Gasteiger partial charge on any atom is 0.471 e. The van der Waals surface area contributed by atoms with Gasteiger partial charge in [0.2, 0.25) is 0 Å². The lowest BCUT2D eigenvalue weighted by Gasteiger charge is -2.08. The third-order valence-corrected chi connectivity index (χ3v) is 1.92. The maximum atomic E-state index is 12.0. The quantitative estimate of drug-likeness (QED) is 0.664. The second-order valence-electron chi connectivity index (χ2n) is 3.35. The van der Waals surface area contributed by atoms with Gasteiger partial charge in [0.05, 0.1) is 6.61 Å². The van der Waals surface area contributed by atoms with Crippen LogP contribution in [0.25, 0.3) is 0 Å². The molecule has 0 aliphatic heterocycles. The molecule has 1 rings (SSSR count). The van der Waals surface area contributed by atoms with Gasteiger partial charge in [0, 0.05) is 5.69 Å². The van der Waals surface area contributed by atoms with Gasteiger partial charge in [-0.25, -0.2) is 0 Å². The first-order valence-corrected chi connectivity index (χ1v) is 4.92. The summed E-state index contributed by atoms with van der Waals surface area (Å²) in [5, 5.41) is 1.74. The molecule has 0 fully saturated rings. The molecule has 1 N–H and O–H groups in total. The van der Waals surface area contributed by atoms with Gasteiger partial charge in [-0.2, -0.15) is 13.2 Å². The molecule has 0 aromatic heterocycles. The van der Waals surface area contributed by atoms with E-state index in [0.29, 0.717) is 0 Å². The summed E-state index contributed by atoms with van der Waals surface area (Å²) in [5.74, 6) is 0.287. The fraction of sp³-hybridized carbons (Fsp3) is 0.250. The third-order valence-electron chi connectivity index (χ3n) is 1.92. The predicted molar refractivity (Wildman–Crippen MR) is 59.6 cm³/mol. The molecule has 0 unspecified atom stereocenters. The largest absolute Gasteiger partial charge is 0.471 e. The molecule has 1 amide bonds. The van der Waals surface area contributed by atoms with Crippen LogP contribution in [0, 0.1) is 12.3 Å². The van der Waals surface area contributed by atoms with Crippen LogP contribution < -0.4 is 5.32 Å². The highest BCUT2D eigenvalue weighted by Crippen LogP contribution is 2.18. The molecule has 0 heterocycles. The minimum atomic E-state index is -4.89. The Bertz CT molecular complexity index is 446. The molecule has 96 valence electrons. The lowest BCUT2D eigenvalue weighted by molar-refractivity contribution is -0.167. The Morgan fingerprint density at radius 1 is 1.33 bits per heavy atom. The topological polar surface area (TPSA) is 38.3 Å². The van der Waals surface area contributed by atoms with Gasteiger partial charge in [0.25, 0.3) is 0 Å². The number of terminal acetylenes is 1. The Morgan fingerprint density at radius 3 is 2.44 bits per heavy atom. The molecule has 0 radical (unpaired) electrons. The van der Waals surface area contributed by atoms with Crippen LogP contribution in [0.2, 0.25) is 0 Å². The Labute approximate surface area is 102 Å². The minimum Gasteiger partial charge on any atom is -0.364 e. The molecule has 0 atom stereocenters. The normalized spacial score (nSPS) is 10.8. The SMILES string of the molecule is C#CCOCc1ccc(NC(=O)C(F)(F)F)cc1. The summed E-state index contributed by atoms with van der Waals surface area (Å²) in [7, 11) is 0. The van der Waals surface area contributed by atoms with E-state index in [1.165, 1.54) is 12.1 Å². The zero-order valence-corrected chi connectivity index (χ0v) is 9.25. The van der Waals surface area contributed by atoms with E-state index >= 15 is 0 Å². The average molecular weight is 257 g/mol. The van der Waals surface area contributed by atoms with Crippen LogP contribution in [0.1, 0.15) is 5.56 Å². The van der Waals surface area contributed by atoms with Crippen molar-refractivity contribution >= 4 is 11.6 Å². The summed E-state index contributed by atoms with van der Waals surface area (Å²) in [4.78, 5) is 10.6. The van der Waals surface area contributed by atoms with Gasteiger partial charge < -0.3 is 10.1 Å². The molecule has 0 bridgehead atoms. The van der Waals surface area contributed by atoms with Crippen LogP contribution in [0.3, 0.4) is 0 Å². The summed E-state index contributed by atoms with van der Waals surface area (Å²) in [6.45, 7) is 0.421. The number of carbonyl (C=O) groups excluding carboxylic acids is 1. The number of alkyl halides is 3. The highest BCUT2D eigenvalue weighted by atomic mass is 19.4. The highest BCUT2D eigenvalue weighted by Gasteiger charge is 2.38. The first-order chi connectivity index (χ1) is 8.43. The number of rotatable bonds is 4. The average Bonchev–Trinajstić information content (AvgIpc) is 2.30. The molecule has 0 saturated heterocycles. The number of carbonyl (C=O) groups is 1. The van der Waals surface area contributed by atoms with Crippen LogP contribution >= 0.6 is 0 Å². The van der Waals surface area contributed by atoms with Gasteiger partial charge in [-0.05, 0) is 17.7 Å². The van der Waals surface area contributed by atoms with Crippen molar-refractivity contribution < 1.29 is 22.7 Å². The fourth-order valence-electron chi connectivity index (χ4n) is 1.11. The zero-order valence-electron chi connectivity index (χ0n) is 9.25. The van der Waals surface area contributed by atoms with E-state index in [9.17, 15) is 18.0 Å². The highest BCUT2D eigenvalue weighted by molar-refractivity contribution is 5.94. The van der Waals surface area contributed by atoms with Crippen LogP contribution in [-0.4, -0.2) is 18.7 Å². The molecule has 0 aliphatic rings. The van der Waals surface area contributed by atoms with Gasteiger partial charge in [0.1, 0.15) is 6.61 Å². The zero-order chi connectivity index (χ0) is 13.6. The molecule has 1 aromatic rings. The summed E-state index contributed by atoms with van der Waals surface area (Å²) in [6, 6.07) is 5.81. The molecular formula is C12H10F3NO2. The van der Waals surface area contributed by atoms with E-state index in [1.54, 1.807) is 17.4 Å². The molecule has 3 nitrogen and oxygen atoms in total. The van der Waals surface area contributed by atoms with Gasteiger partial charge >= 0.3 is 12.1 Å². The van der Waals surface area contributed by atoms with Crippen LogP contribution in [0.15, 0.2) is 24.3 Å². The number of amides is 1. The number of nitrogens with one attached hydrogen (secondary N) is 1. The van der Waals surface area contributed by atoms with Crippen molar-refractivity contribution in [2.75, 3.05) is 11.9 Å². The molecule has 6 heteroatoms. The van der Waals surface area contributed by atoms with Crippen molar-refractivity contribution in [3.05, 3.63) is 29.8 Å². The van der Waals surface area contributed by atoms with E-state index in [-0.39, 0.29) is 18.9 Å². The van der Waals surface area contributed by atoms with Gasteiger partial charge in [0.15, 0.2) is 0 Å². The smallest absolute Gasteiger partial charge is 0.364 e. The van der Waals surface area contributed by atoms with E-state index in [4.69, 9.17) is 11.2 Å². The van der Waals surface area contributed by atoms with Crippen LogP contribution in [-0.2, 0) is 16.1 Å². The monoisotopic (exact) mass is 257 g/mol. The van der Waals surface area contributed by atoms with Crippen molar-refractivity contribution in [1.82, 2.24) is 0 Å². The van der Waals surface area contributed by atoms with E-state index in [1.807, 2.05) is 0 Å². The minimum absolute atomic E-state index is 0.0676. The molecular weight excluding hydrogens is 247 g/mol. The van der Waals surface area contributed by atoms with E-state index in [0.717, 1.165) is 5.56 Å². The Hall–Kier alpha value is -2.00. The van der Waals surface area contributed by atoms with Crippen molar-refractivity contribution in [2.45, 2.75) is 12.8 Å². The first-order valence-electron chi connectivity index (χ1n) is 4.92. The summed E-state index contributed by atoms with van der Waals surface area (Å²) < 4.78 is 40.9. The number of hydrogen-bond donors (Lipinski definition) is 1. The Balaban J connectivity index is 2.56. The molecule has 1 aromatic carbocycles. The lowest BCUT2D eigenvalue weighted by atomic mass is 10.2. The third kappa shape index (κ3) is 4.47. The summed E-state index contributed by atoms with van der Waals surface area (Å²) in [6.07, 6.45) is 0.0891. The number of anilines is 1. The Kier molecular flexibility index (Phi) is 4.75. The lowest BCUT2D eigenvalue weighted by Crippen LogP contribution is -2.29. The van der Waals surface area contributed by atoms with Crippen molar-refractivity contribution in [3.8, 4) is 12.3 Å². The van der Waals surface area contributed by atoms with Gasteiger partial charge in [-0.1, -0.05) is 18.1 Å². The second kappa shape index (κ2) is 6.07. The van der Waals surface area contributed by atoms with E-state index in [2.05, 4.69) is 5.92 Å². The molecule has 0 aliphatic carbocycles. The summed E-state index contributed by atoms with van der Waals surface area (Å²) >= 11 is 0. The van der Waals surface area contributed by atoms with Crippen molar-refractivity contribution in [3.63, 3.8) is 0 Å². The number of halogens is 3. The standard InChI is InChI=1S/C12H10F3NO2/c1-2-7-18-8-9-3-5-10(6-4-9)16-11(17)12(13,14)15/h1,3-6H,7-8H2,(H,16,17). The molecule has 18 heavy (non-hydrogen) atoms. The fourth-order valence-corrected chi connectivity index (χ4v) is 1.11. The van der Waals surface area contributed by atoms with Crippen LogP contribution in [0.5, 0.6) is 0 Å².